The van der Waals surface area contributed by atoms with Gasteiger partial charge in [-0.15, -0.1) is 11.3 Å². The number of hydrogen-bond donors (Lipinski definition) is 3. The number of hydrogen-bond acceptors (Lipinski definition) is 9. The molecular formula is C31H34FN5O7S2. The first-order chi connectivity index (χ1) is 21.8. The summed E-state index contributed by atoms with van der Waals surface area (Å²) in [4.78, 5) is 35.5. The summed E-state index contributed by atoms with van der Waals surface area (Å²) in [5.74, 6) is -0.517. The summed E-state index contributed by atoms with van der Waals surface area (Å²) < 4.78 is 52.6. The molecule has 0 radical (unpaired) electrons. The molecule has 1 unspecified atom stereocenters. The van der Waals surface area contributed by atoms with Crippen LogP contribution in [0.25, 0.3) is 20.8 Å². The zero-order valence-corrected chi connectivity index (χ0v) is 27.2. The number of pyridine rings is 2. The average molecular weight is 672 g/mol. The fourth-order valence-electron chi connectivity index (χ4n) is 5.03. The third kappa shape index (κ3) is 7.54. The number of rotatable bonds is 11. The van der Waals surface area contributed by atoms with Gasteiger partial charge in [0.1, 0.15) is 5.75 Å². The van der Waals surface area contributed by atoms with Gasteiger partial charge in [-0.1, -0.05) is 26.8 Å². The number of thiophene rings is 1. The monoisotopic (exact) mass is 671 g/mol. The van der Waals surface area contributed by atoms with Crippen molar-refractivity contribution in [2.24, 2.45) is 5.41 Å². The lowest BCUT2D eigenvalue weighted by Gasteiger charge is -2.38. The molecule has 3 aromatic heterocycles. The summed E-state index contributed by atoms with van der Waals surface area (Å²) in [7, 11) is -2.22. The molecule has 46 heavy (non-hydrogen) atoms. The smallest absolute Gasteiger partial charge is 0.407 e. The van der Waals surface area contributed by atoms with Crippen LogP contribution in [0.4, 0.5) is 19.7 Å². The lowest BCUT2D eigenvalue weighted by Crippen LogP contribution is -2.42. The number of aromatic nitrogens is 2. The van der Waals surface area contributed by atoms with Crippen LogP contribution in [-0.2, 0) is 14.8 Å². The van der Waals surface area contributed by atoms with Crippen LogP contribution in [-0.4, -0.2) is 66.0 Å². The maximum atomic E-state index is 15.0. The number of ether oxygens (including phenoxy) is 2. The Hall–Kier alpha value is -4.34. The normalized spacial score (nSPS) is 14.1. The first kappa shape index (κ1) is 33.0. The number of carboxylic acid groups (broad SMARTS) is 1. The maximum absolute atomic E-state index is 15.0. The van der Waals surface area contributed by atoms with E-state index in [4.69, 9.17) is 9.47 Å². The van der Waals surface area contributed by atoms with E-state index in [1.807, 2.05) is 43.7 Å². The molecule has 3 heterocycles. The molecule has 1 aliphatic carbocycles. The van der Waals surface area contributed by atoms with Crippen LogP contribution in [0.15, 0.2) is 54.9 Å². The summed E-state index contributed by atoms with van der Waals surface area (Å²) in [6.45, 7) is 6.39. The summed E-state index contributed by atoms with van der Waals surface area (Å²) >= 11 is 1.35. The number of fused-ring (bicyclic) bond motifs is 1. The highest BCUT2D eigenvalue weighted by molar-refractivity contribution is 7.91. The topological polar surface area (TPSA) is 160 Å². The van der Waals surface area contributed by atoms with E-state index in [-0.39, 0.29) is 24.6 Å². The highest BCUT2D eigenvalue weighted by Gasteiger charge is 2.37. The van der Waals surface area contributed by atoms with Gasteiger partial charge in [-0.2, -0.15) is 0 Å². The van der Waals surface area contributed by atoms with Gasteiger partial charge in [0, 0.05) is 43.9 Å². The number of benzene rings is 1. The molecule has 5 rings (SSSR count). The molecule has 1 aromatic carbocycles. The Kier molecular flexibility index (Phi) is 9.47. The number of halogens is 1. The van der Waals surface area contributed by atoms with Gasteiger partial charge in [0.15, 0.2) is 11.6 Å². The first-order valence-corrected chi connectivity index (χ1v) is 16.8. The minimum absolute atomic E-state index is 0.0556. The fraction of sp³-hybridized carbons (Fsp3) is 0.355. The number of amides is 3. The molecule has 3 N–H and O–H groups in total. The number of nitrogens with one attached hydrogen (secondary N) is 2. The van der Waals surface area contributed by atoms with Crippen molar-refractivity contribution in [2.45, 2.75) is 44.9 Å². The lowest BCUT2D eigenvalue weighted by molar-refractivity contribution is 0.0612. The fourth-order valence-corrected chi connectivity index (χ4v) is 7.31. The summed E-state index contributed by atoms with van der Waals surface area (Å²) in [5, 5.41) is 11.7. The van der Waals surface area contributed by atoms with Gasteiger partial charge in [-0.3, -0.25) is 14.9 Å². The van der Waals surface area contributed by atoms with Crippen LogP contribution < -0.4 is 14.8 Å². The second kappa shape index (κ2) is 13.2. The van der Waals surface area contributed by atoms with E-state index < -0.39 is 44.7 Å². The Balaban J connectivity index is 1.34. The van der Waals surface area contributed by atoms with Crippen LogP contribution in [0.5, 0.6) is 11.5 Å². The molecule has 244 valence electrons. The summed E-state index contributed by atoms with van der Waals surface area (Å²) in [5.41, 5.74) is 1.64. The van der Waals surface area contributed by atoms with Gasteiger partial charge in [0.2, 0.25) is 10.0 Å². The maximum Gasteiger partial charge on any atom is 0.407 e. The second-order valence-electron chi connectivity index (χ2n) is 11.9. The van der Waals surface area contributed by atoms with Crippen molar-refractivity contribution in [1.29, 1.82) is 0 Å². The predicted molar refractivity (Wildman–Crippen MR) is 172 cm³/mol. The van der Waals surface area contributed by atoms with Crippen molar-refractivity contribution < 1.29 is 37.0 Å². The molecule has 0 bridgehead atoms. The number of methoxy groups -OCH3 is 1. The molecule has 1 fully saturated rings. The van der Waals surface area contributed by atoms with Gasteiger partial charge >= 0.3 is 12.1 Å². The number of nitrogens with zero attached hydrogens (tertiary/aromatic N) is 3. The van der Waals surface area contributed by atoms with Crippen molar-refractivity contribution in [3.05, 3.63) is 66.2 Å². The SMILES string of the molecule is COCCN(C(=O)O)C(c1ccc(-c2cc3nccc(Oc4ccc(NC(=O)NS(=O)(=O)C5CC5)cc4F)c3s2)nc1)C(C)(C)C. The number of carbonyl (C=O) groups is 2. The van der Waals surface area contributed by atoms with Crippen LogP contribution >= 0.6 is 11.3 Å². The Bertz CT molecular complexity index is 1860. The standard InChI is InChI=1S/C31H34FN5O7S2/c1-31(2,3)28(37(30(39)40)13-14-43-4)18-5-9-22(34-17-18)26-16-23-27(45-26)25(11-12-33-23)44-24-10-6-19(15-21(24)32)35-29(38)36-46(41,42)20-7-8-20/h5-6,9-12,15-17,20,28H,7-8,13-14H2,1-4H3,(H,39,40)(H2,35,36,38). The molecule has 12 nitrogen and oxygen atoms in total. The van der Waals surface area contributed by atoms with E-state index in [9.17, 15) is 23.1 Å². The van der Waals surface area contributed by atoms with Crippen molar-refractivity contribution in [2.75, 3.05) is 25.6 Å². The first-order valence-electron chi connectivity index (χ1n) is 14.4. The summed E-state index contributed by atoms with van der Waals surface area (Å²) in [6.07, 6.45) is 3.17. The molecule has 1 atom stereocenters. The van der Waals surface area contributed by atoms with Crippen LogP contribution in [0, 0.1) is 11.2 Å². The van der Waals surface area contributed by atoms with Crippen molar-refractivity contribution >= 4 is 49.4 Å². The van der Waals surface area contributed by atoms with E-state index >= 15 is 4.39 Å². The quantitative estimate of drug-likeness (QED) is 0.159. The lowest BCUT2D eigenvalue weighted by atomic mass is 9.81. The molecular weight excluding hydrogens is 638 g/mol. The number of sulfonamides is 1. The molecule has 3 amide bonds. The number of carbonyl (C=O) groups excluding carboxylic acids is 1. The van der Waals surface area contributed by atoms with Crippen molar-refractivity contribution in [3.63, 3.8) is 0 Å². The highest BCUT2D eigenvalue weighted by atomic mass is 32.2. The number of urea groups is 1. The largest absolute Gasteiger partial charge is 0.465 e. The van der Waals surface area contributed by atoms with Gasteiger partial charge in [0.05, 0.1) is 38.7 Å². The minimum atomic E-state index is -3.74. The molecule has 0 saturated heterocycles. The third-order valence-electron chi connectivity index (χ3n) is 7.25. The van der Waals surface area contributed by atoms with E-state index in [1.165, 1.54) is 41.7 Å². The third-order valence-corrected chi connectivity index (χ3v) is 10.2. The Labute approximate surface area is 269 Å². The van der Waals surface area contributed by atoms with Gasteiger partial charge in [-0.05, 0) is 48.1 Å². The number of anilines is 1. The van der Waals surface area contributed by atoms with Gasteiger partial charge in [0.25, 0.3) is 0 Å². The molecule has 0 aliphatic heterocycles. The van der Waals surface area contributed by atoms with E-state index in [0.29, 0.717) is 34.5 Å². The predicted octanol–water partition coefficient (Wildman–Crippen LogP) is 6.62. The molecule has 15 heteroatoms. The molecule has 4 aromatic rings. The van der Waals surface area contributed by atoms with Gasteiger partial charge < -0.3 is 19.9 Å². The Morgan fingerprint density at radius 3 is 2.50 bits per heavy atom. The van der Waals surface area contributed by atoms with E-state index in [0.717, 1.165) is 16.5 Å². The zero-order chi connectivity index (χ0) is 33.2. The van der Waals surface area contributed by atoms with Gasteiger partial charge in [-0.25, -0.2) is 27.1 Å². The van der Waals surface area contributed by atoms with Crippen molar-refractivity contribution in [1.82, 2.24) is 19.6 Å². The van der Waals surface area contributed by atoms with Crippen LogP contribution in [0.3, 0.4) is 0 Å². The molecule has 1 aliphatic rings. The van der Waals surface area contributed by atoms with Crippen molar-refractivity contribution in [3.8, 4) is 22.1 Å². The highest BCUT2D eigenvalue weighted by Crippen LogP contribution is 2.41. The minimum Gasteiger partial charge on any atom is -0.465 e. The zero-order valence-electron chi connectivity index (χ0n) is 25.6. The molecule has 0 spiro atoms. The van der Waals surface area contributed by atoms with Crippen LogP contribution in [0.2, 0.25) is 0 Å². The average Bonchev–Trinajstić information content (AvgIpc) is 3.76. The van der Waals surface area contributed by atoms with Crippen LogP contribution in [0.1, 0.15) is 45.2 Å². The Morgan fingerprint density at radius 1 is 1.13 bits per heavy atom. The van der Waals surface area contributed by atoms with E-state index in [1.54, 1.807) is 12.3 Å². The molecule has 1 saturated carbocycles. The Morgan fingerprint density at radius 2 is 1.89 bits per heavy atom. The second-order valence-corrected chi connectivity index (χ2v) is 14.9. The summed E-state index contributed by atoms with van der Waals surface area (Å²) in [6, 6.07) is 9.47. The van der Waals surface area contributed by atoms with E-state index in [2.05, 4.69) is 15.3 Å².